The first-order valence-electron chi connectivity index (χ1n) is 4.08. The van der Waals surface area contributed by atoms with Gasteiger partial charge in [-0.15, -0.1) is 0 Å². The van der Waals surface area contributed by atoms with Gasteiger partial charge in [-0.05, 0) is 22.9 Å². The Hall–Kier alpha value is -1.04. The molecule has 1 amide bonds. The fraction of sp³-hybridized carbons (Fsp3) is 0.500. The summed E-state index contributed by atoms with van der Waals surface area (Å²) < 4.78 is 2.33. The molecule has 1 rings (SSSR count). The lowest BCUT2D eigenvalue weighted by Crippen LogP contribution is -2.27. The van der Waals surface area contributed by atoms with E-state index in [-0.39, 0.29) is 6.04 Å². The molecule has 0 radical (unpaired) electrons. The van der Waals surface area contributed by atoms with E-state index in [0.717, 1.165) is 5.56 Å². The molecule has 0 saturated carbocycles. The van der Waals surface area contributed by atoms with Crippen molar-refractivity contribution in [2.75, 3.05) is 7.05 Å². The average molecular weight is 262 g/mol. The largest absolute Gasteiger partial charge is 0.465 e. The molecule has 0 spiro atoms. The molecule has 0 fully saturated rings. The molecule has 0 bridgehead atoms. The summed E-state index contributed by atoms with van der Waals surface area (Å²) >= 11 is 3.28. The zero-order valence-electron chi connectivity index (χ0n) is 8.23. The van der Waals surface area contributed by atoms with Gasteiger partial charge in [0.15, 0.2) is 0 Å². The summed E-state index contributed by atoms with van der Waals surface area (Å²) in [5.74, 6) is 0. The zero-order chi connectivity index (χ0) is 10.9. The summed E-state index contributed by atoms with van der Waals surface area (Å²) in [6, 6.07) is -0.212. The van der Waals surface area contributed by atoms with E-state index >= 15 is 0 Å². The lowest BCUT2D eigenvalue weighted by Gasteiger charge is -2.20. The van der Waals surface area contributed by atoms with E-state index in [9.17, 15) is 4.79 Å². The number of hydrogen-bond donors (Lipinski definition) is 1. The molecule has 0 saturated heterocycles. The van der Waals surface area contributed by atoms with Crippen molar-refractivity contribution >= 4 is 22.0 Å². The quantitative estimate of drug-likeness (QED) is 0.884. The van der Waals surface area contributed by atoms with Gasteiger partial charge in [-0.2, -0.15) is 5.10 Å². The second kappa shape index (κ2) is 4.00. The van der Waals surface area contributed by atoms with E-state index in [2.05, 4.69) is 21.0 Å². The van der Waals surface area contributed by atoms with E-state index in [1.54, 1.807) is 17.9 Å². The van der Waals surface area contributed by atoms with Crippen molar-refractivity contribution in [2.24, 2.45) is 7.05 Å². The van der Waals surface area contributed by atoms with Gasteiger partial charge in [-0.1, -0.05) is 0 Å². The lowest BCUT2D eigenvalue weighted by atomic mass is 10.2. The van der Waals surface area contributed by atoms with Gasteiger partial charge in [-0.25, -0.2) is 4.79 Å². The average Bonchev–Trinajstić information content (AvgIpc) is 2.42. The predicted octanol–water partition coefficient (Wildman–Crippen LogP) is 1.85. The number of nitrogens with zero attached hydrogens (tertiary/aromatic N) is 3. The van der Waals surface area contributed by atoms with Crippen LogP contribution in [-0.2, 0) is 7.05 Å². The van der Waals surface area contributed by atoms with Crippen LogP contribution in [0.15, 0.2) is 10.8 Å². The van der Waals surface area contributed by atoms with Gasteiger partial charge in [-0.3, -0.25) is 4.68 Å². The Morgan fingerprint density at radius 3 is 2.71 bits per heavy atom. The Balaban J connectivity index is 2.94. The van der Waals surface area contributed by atoms with Gasteiger partial charge in [0.05, 0.1) is 6.04 Å². The molecular weight excluding hydrogens is 250 g/mol. The summed E-state index contributed by atoms with van der Waals surface area (Å²) in [7, 11) is 3.33. The Kier molecular flexibility index (Phi) is 3.15. The van der Waals surface area contributed by atoms with Gasteiger partial charge < -0.3 is 10.0 Å². The molecule has 1 N–H and O–H groups in total. The Bertz CT molecular complexity index is 350. The molecule has 6 heteroatoms. The number of aryl methyl sites for hydroxylation is 1. The van der Waals surface area contributed by atoms with E-state index in [1.165, 1.54) is 11.9 Å². The third-order valence-electron chi connectivity index (χ3n) is 2.14. The highest BCUT2D eigenvalue weighted by atomic mass is 79.9. The predicted molar refractivity (Wildman–Crippen MR) is 55.1 cm³/mol. The number of halogens is 1. The van der Waals surface area contributed by atoms with Crippen molar-refractivity contribution in [3.05, 3.63) is 16.4 Å². The third kappa shape index (κ3) is 2.06. The molecule has 14 heavy (non-hydrogen) atoms. The molecule has 1 unspecified atom stereocenters. The number of aromatic nitrogens is 2. The van der Waals surface area contributed by atoms with Gasteiger partial charge in [0.1, 0.15) is 4.60 Å². The van der Waals surface area contributed by atoms with E-state index in [1.807, 2.05) is 6.92 Å². The van der Waals surface area contributed by atoms with E-state index < -0.39 is 6.09 Å². The van der Waals surface area contributed by atoms with E-state index in [0.29, 0.717) is 4.60 Å². The van der Waals surface area contributed by atoms with Gasteiger partial charge in [0.2, 0.25) is 0 Å². The van der Waals surface area contributed by atoms with Crippen LogP contribution in [0.5, 0.6) is 0 Å². The topological polar surface area (TPSA) is 58.4 Å². The van der Waals surface area contributed by atoms with Crippen LogP contribution in [0.2, 0.25) is 0 Å². The van der Waals surface area contributed by atoms with Crippen molar-refractivity contribution in [2.45, 2.75) is 13.0 Å². The van der Waals surface area contributed by atoms with Crippen LogP contribution in [0, 0.1) is 0 Å². The van der Waals surface area contributed by atoms with Crippen molar-refractivity contribution in [1.29, 1.82) is 0 Å². The van der Waals surface area contributed by atoms with Crippen LogP contribution < -0.4 is 0 Å². The first kappa shape index (κ1) is 11.0. The highest BCUT2D eigenvalue weighted by Gasteiger charge is 2.20. The van der Waals surface area contributed by atoms with Crippen molar-refractivity contribution in [1.82, 2.24) is 14.7 Å². The molecule has 1 atom stereocenters. The summed E-state index contributed by atoms with van der Waals surface area (Å²) in [6.45, 7) is 1.82. The summed E-state index contributed by atoms with van der Waals surface area (Å²) in [5, 5.41) is 12.9. The van der Waals surface area contributed by atoms with Crippen molar-refractivity contribution in [3.8, 4) is 0 Å². The maximum atomic E-state index is 10.7. The molecule has 0 aromatic carbocycles. The third-order valence-corrected chi connectivity index (χ3v) is 2.76. The van der Waals surface area contributed by atoms with Crippen molar-refractivity contribution < 1.29 is 9.90 Å². The summed E-state index contributed by atoms with van der Waals surface area (Å²) in [5.41, 5.74) is 0.859. The molecule has 1 aromatic heterocycles. The number of amides is 1. The smallest absolute Gasteiger partial charge is 0.407 e. The van der Waals surface area contributed by atoms with Crippen LogP contribution in [0.1, 0.15) is 18.5 Å². The Morgan fingerprint density at radius 2 is 2.36 bits per heavy atom. The van der Waals surface area contributed by atoms with Crippen LogP contribution >= 0.6 is 15.9 Å². The minimum absolute atomic E-state index is 0.212. The van der Waals surface area contributed by atoms with E-state index in [4.69, 9.17) is 5.11 Å². The molecular formula is C8H12BrN3O2. The highest BCUT2D eigenvalue weighted by Crippen LogP contribution is 2.25. The molecule has 0 aliphatic rings. The molecule has 5 nitrogen and oxygen atoms in total. The second-order valence-corrected chi connectivity index (χ2v) is 3.87. The highest BCUT2D eigenvalue weighted by molar-refractivity contribution is 9.10. The summed E-state index contributed by atoms with van der Waals surface area (Å²) in [6.07, 6.45) is 0.849. The fourth-order valence-corrected chi connectivity index (χ4v) is 1.82. The number of carbonyl (C=O) groups is 1. The minimum Gasteiger partial charge on any atom is -0.465 e. The van der Waals surface area contributed by atoms with Crippen molar-refractivity contribution in [3.63, 3.8) is 0 Å². The number of carboxylic acid groups (broad SMARTS) is 1. The first-order chi connectivity index (χ1) is 6.43. The molecule has 1 heterocycles. The maximum Gasteiger partial charge on any atom is 0.407 e. The maximum absolute atomic E-state index is 10.7. The van der Waals surface area contributed by atoms with Gasteiger partial charge >= 0.3 is 6.09 Å². The standard InChI is InChI=1S/C8H12BrN3O2/c1-5(12(3)8(13)14)6-4-11(2)10-7(6)9/h4-5H,1-3H3,(H,13,14). The van der Waals surface area contributed by atoms with Crippen LogP contribution in [0.4, 0.5) is 4.79 Å². The lowest BCUT2D eigenvalue weighted by molar-refractivity contribution is 0.142. The van der Waals surface area contributed by atoms with Gasteiger partial charge in [0.25, 0.3) is 0 Å². The first-order valence-corrected chi connectivity index (χ1v) is 4.87. The molecule has 1 aromatic rings. The Morgan fingerprint density at radius 1 is 1.79 bits per heavy atom. The summed E-state index contributed by atoms with van der Waals surface area (Å²) in [4.78, 5) is 12.0. The van der Waals surface area contributed by atoms with Crippen LogP contribution in [0.25, 0.3) is 0 Å². The normalized spacial score (nSPS) is 12.6. The van der Waals surface area contributed by atoms with Crippen LogP contribution in [0.3, 0.4) is 0 Å². The van der Waals surface area contributed by atoms with Crippen LogP contribution in [-0.4, -0.2) is 32.9 Å². The number of rotatable bonds is 2. The second-order valence-electron chi connectivity index (χ2n) is 3.12. The number of hydrogen-bond acceptors (Lipinski definition) is 2. The fourth-order valence-electron chi connectivity index (χ4n) is 1.13. The minimum atomic E-state index is -0.951. The SMILES string of the molecule is CC(c1cn(C)nc1Br)N(C)C(=O)O. The molecule has 78 valence electrons. The Labute approximate surface area is 90.4 Å². The molecule has 0 aliphatic carbocycles. The monoisotopic (exact) mass is 261 g/mol. The van der Waals surface area contributed by atoms with Gasteiger partial charge in [0, 0.05) is 25.9 Å². The zero-order valence-corrected chi connectivity index (χ0v) is 9.82. The molecule has 0 aliphatic heterocycles.